The topological polar surface area (TPSA) is 43.6 Å². The first-order valence-electron chi connectivity index (χ1n) is 12.7. The normalized spacial score (nSPS) is 11.6. The van der Waals surface area contributed by atoms with Crippen LogP contribution in [0.15, 0.2) is 121 Å². The molecule has 8 aromatic rings. The lowest BCUT2D eigenvalue weighted by molar-refractivity contribution is 1.18. The van der Waals surface area contributed by atoms with Gasteiger partial charge in [-0.05, 0) is 48.5 Å². The van der Waals surface area contributed by atoms with Crippen molar-refractivity contribution in [2.75, 3.05) is 0 Å². The number of hydrogen-bond acceptors (Lipinski definition) is 5. The third-order valence-corrected chi connectivity index (χ3v) is 8.95. The number of pyridine rings is 1. The predicted molar refractivity (Wildman–Crippen MR) is 164 cm³/mol. The first kappa shape index (κ1) is 22.3. The molecule has 0 bridgehead atoms. The Morgan fingerprint density at radius 1 is 0.641 bits per heavy atom. The summed E-state index contributed by atoms with van der Waals surface area (Å²) in [6.07, 6.45) is 3.71. The number of rotatable bonds is 4. The SMILES string of the molecule is c1ccc(-c2cccc(-n3c4cc(-c5nc6ccccc6s5)ccc4c4c(-c5nccs5)cccc43)c2)nc1. The van der Waals surface area contributed by atoms with Crippen LogP contribution in [-0.2, 0) is 0 Å². The second-order valence-electron chi connectivity index (χ2n) is 9.36. The van der Waals surface area contributed by atoms with E-state index in [0.717, 1.165) is 54.6 Å². The van der Waals surface area contributed by atoms with Crippen molar-refractivity contribution in [2.45, 2.75) is 0 Å². The fraction of sp³-hybridized carbons (Fsp3) is 0. The van der Waals surface area contributed by atoms with Crippen molar-refractivity contribution < 1.29 is 0 Å². The van der Waals surface area contributed by atoms with Crippen LogP contribution in [0.3, 0.4) is 0 Å². The van der Waals surface area contributed by atoms with Gasteiger partial charge in [0.05, 0.1) is 26.9 Å². The summed E-state index contributed by atoms with van der Waals surface area (Å²) < 4.78 is 3.56. The molecule has 0 aliphatic heterocycles. The smallest absolute Gasteiger partial charge is 0.124 e. The van der Waals surface area contributed by atoms with Gasteiger partial charge in [-0.25, -0.2) is 9.97 Å². The molecule has 0 radical (unpaired) electrons. The molecule has 0 fully saturated rings. The highest BCUT2D eigenvalue weighted by molar-refractivity contribution is 7.21. The van der Waals surface area contributed by atoms with Crippen molar-refractivity contribution in [1.82, 2.24) is 19.5 Å². The monoisotopic (exact) mass is 536 g/mol. The molecule has 0 spiro atoms. The van der Waals surface area contributed by atoms with E-state index in [1.165, 1.54) is 15.5 Å². The van der Waals surface area contributed by atoms with Gasteiger partial charge in [-0.3, -0.25) is 4.98 Å². The predicted octanol–water partition coefficient (Wildman–Crippen LogP) is 9.25. The first-order chi connectivity index (χ1) is 19.3. The minimum atomic E-state index is 0.957. The van der Waals surface area contributed by atoms with Crippen LogP contribution < -0.4 is 0 Å². The van der Waals surface area contributed by atoms with E-state index in [1.807, 2.05) is 36.0 Å². The third-order valence-electron chi connectivity index (χ3n) is 7.06. The standard InChI is InChI=1S/C33H20N4S2/c1-2-13-30-27(11-1)36-32(39-30)22-14-15-24-29(20-22)37(23-8-5-7-21(19-23)26-10-3-4-16-34-26)28-12-6-9-25(31(24)28)33-35-17-18-38-33/h1-20H. The summed E-state index contributed by atoms with van der Waals surface area (Å²) in [5, 5.41) is 6.49. The quantitative estimate of drug-likeness (QED) is 0.225. The number of thiazole rings is 2. The van der Waals surface area contributed by atoms with E-state index < -0.39 is 0 Å². The van der Waals surface area contributed by atoms with Gasteiger partial charge in [0, 0.05) is 50.9 Å². The number of aromatic nitrogens is 4. The molecule has 0 saturated heterocycles. The Morgan fingerprint density at radius 2 is 1.56 bits per heavy atom. The number of fused-ring (bicyclic) bond motifs is 4. The maximum Gasteiger partial charge on any atom is 0.124 e. The largest absolute Gasteiger partial charge is 0.309 e. The van der Waals surface area contributed by atoms with E-state index in [9.17, 15) is 0 Å². The van der Waals surface area contributed by atoms with Crippen molar-refractivity contribution in [3.63, 3.8) is 0 Å². The molecule has 0 saturated carbocycles. The van der Waals surface area contributed by atoms with Crippen molar-refractivity contribution >= 4 is 54.7 Å². The van der Waals surface area contributed by atoms with Crippen molar-refractivity contribution in [1.29, 1.82) is 0 Å². The van der Waals surface area contributed by atoms with Crippen LogP contribution in [0.2, 0.25) is 0 Å². The zero-order valence-electron chi connectivity index (χ0n) is 20.7. The highest BCUT2D eigenvalue weighted by Crippen LogP contribution is 2.41. The second kappa shape index (κ2) is 8.98. The van der Waals surface area contributed by atoms with Crippen LogP contribution in [0.4, 0.5) is 0 Å². The second-order valence-corrected chi connectivity index (χ2v) is 11.3. The van der Waals surface area contributed by atoms with Crippen LogP contribution in [0.5, 0.6) is 0 Å². The Hall–Kier alpha value is -4.65. The zero-order chi connectivity index (χ0) is 25.8. The fourth-order valence-corrected chi connectivity index (χ4v) is 6.98. The molecule has 0 atom stereocenters. The Kier molecular flexibility index (Phi) is 5.14. The van der Waals surface area contributed by atoms with Crippen LogP contribution in [0, 0.1) is 0 Å². The van der Waals surface area contributed by atoms with E-state index >= 15 is 0 Å². The van der Waals surface area contributed by atoms with Gasteiger partial charge in [0.15, 0.2) is 0 Å². The Balaban J connectivity index is 1.43. The van der Waals surface area contributed by atoms with Gasteiger partial charge in [0.25, 0.3) is 0 Å². The average molecular weight is 537 g/mol. The number of hydrogen-bond donors (Lipinski definition) is 0. The van der Waals surface area contributed by atoms with Gasteiger partial charge >= 0.3 is 0 Å². The van der Waals surface area contributed by atoms with E-state index in [2.05, 4.69) is 99.5 Å². The third kappa shape index (κ3) is 3.68. The van der Waals surface area contributed by atoms with Crippen molar-refractivity contribution in [3.05, 3.63) is 121 Å². The Labute approximate surface area is 232 Å². The molecule has 6 heteroatoms. The number of benzene rings is 4. The van der Waals surface area contributed by atoms with Crippen molar-refractivity contribution in [3.8, 4) is 38.1 Å². The lowest BCUT2D eigenvalue weighted by atomic mass is 10.1. The van der Waals surface area contributed by atoms with Gasteiger partial charge in [-0.2, -0.15) is 0 Å². The highest BCUT2D eigenvalue weighted by Gasteiger charge is 2.19. The van der Waals surface area contributed by atoms with Gasteiger partial charge in [-0.1, -0.05) is 54.6 Å². The summed E-state index contributed by atoms with van der Waals surface area (Å²) in [4.78, 5) is 14.2. The number of nitrogens with zero attached hydrogens (tertiary/aromatic N) is 4. The summed E-state index contributed by atoms with van der Waals surface area (Å²) in [6, 6.07) is 36.2. The van der Waals surface area contributed by atoms with Crippen LogP contribution in [0.25, 0.3) is 70.1 Å². The van der Waals surface area contributed by atoms with Gasteiger partial charge < -0.3 is 4.57 Å². The lowest BCUT2D eigenvalue weighted by Crippen LogP contribution is -1.95. The molecular formula is C33H20N4S2. The summed E-state index contributed by atoms with van der Waals surface area (Å²) in [5.41, 5.74) is 8.73. The van der Waals surface area contributed by atoms with Crippen LogP contribution >= 0.6 is 22.7 Å². The summed E-state index contributed by atoms with van der Waals surface area (Å²) in [5.74, 6) is 0. The van der Waals surface area contributed by atoms with Crippen molar-refractivity contribution in [2.24, 2.45) is 0 Å². The van der Waals surface area contributed by atoms with E-state index in [4.69, 9.17) is 4.98 Å². The molecule has 0 aliphatic carbocycles. The Bertz CT molecular complexity index is 2090. The number of para-hydroxylation sites is 1. The van der Waals surface area contributed by atoms with Crippen LogP contribution in [0.1, 0.15) is 0 Å². The van der Waals surface area contributed by atoms with E-state index in [-0.39, 0.29) is 0 Å². The van der Waals surface area contributed by atoms with Gasteiger partial charge in [-0.15, -0.1) is 22.7 Å². The molecular weight excluding hydrogens is 517 g/mol. The van der Waals surface area contributed by atoms with E-state index in [1.54, 1.807) is 22.7 Å². The maximum absolute atomic E-state index is 4.95. The fourth-order valence-electron chi connectivity index (χ4n) is 5.35. The Morgan fingerprint density at radius 3 is 2.44 bits per heavy atom. The molecule has 4 aromatic carbocycles. The maximum atomic E-state index is 4.95. The molecule has 0 N–H and O–H groups in total. The molecule has 4 heterocycles. The minimum absolute atomic E-state index is 0.957. The van der Waals surface area contributed by atoms with Gasteiger partial charge in [0.1, 0.15) is 10.0 Å². The van der Waals surface area contributed by atoms with E-state index in [0.29, 0.717) is 0 Å². The molecule has 0 unspecified atom stereocenters. The summed E-state index contributed by atoms with van der Waals surface area (Å²) in [6.45, 7) is 0. The van der Waals surface area contributed by atoms with Gasteiger partial charge in [0.2, 0.25) is 0 Å². The zero-order valence-corrected chi connectivity index (χ0v) is 22.3. The molecule has 184 valence electrons. The molecule has 4 aromatic heterocycles. The lowest BCUT2D eigenvalue weighted by Gasteiger charge is -2.11. The molecule has 0 aliphatic rings. The average Bonchev–Trinajstić information content (AvgIpc) is 3.75. The first-order valence-corrected chi connectivity index (χ1v) is 14.4. The van der Waals surface area contributed by atoms with Crippen LogP contribution in [-0.4, -0.2) is 19.5 Å². The molecule has 8 rings (SSSR count). The molecule has 4 nitrogen and oxygen atoms in total. The minimum Gasteiger partial charge on any atom is -0.309 e. The molecule has 0 amide bonds. The molecule has 39 heavy (non-hydrogen) atoms. The summed E-state index contributed by atoms with van der Waals surface area (Å²) in [7, 11) is 0. The summed E-state index contributed by atoms with van der Waals surface area (Å²) >= 11 is 3.40. The highest BCUT2D eigenvalue weighted by atomic mass is 32.1.